The smallest absolute Gasteiger partial charge is 0.256 e. The molecule has 1 amide bonds. The molecule has 2 aromatic heterocycles. The van der Waals surface area contributed by atoms with Crippen molar-refractivity contribution in [3.05, 3.63) is 88.9 Å². The van der Waals surface area contributed by atoms with Crippen LogP contribution in [0.4, 0.5) is 5.69 Å². The van der Waals surface area contributed by atoms with Crippen molar-refractivity contribution in [2.24, 2.45) is 0 Å². The predicted octanol–water partition coefficient (Wildman–Crippen LogP) is 5.39. The standard InChI is InChI=1S/C23H19BrN4O3/c1-15-25-21(28-11-3-4-12-28)14-22(26-15)31-17-7-5-16(6-8-17)27-23(29)19-13-18(30-2)9-10-20(19)24/h3-14H,1-2H3,(H,27,29). The van der Waals surface area contributed by atoms with Crippen LogP contribution in [0.1, 0.15) is 16.2 Å². The van der Waals surface area contributed by atoms with Crippen molar-refractivity contribution in [2.45, 2.75) is 6.92 Å². The van der Waals surface area contributed by atoms with Gasteiger partial charge < -0.3 is 19.4 Å². The molecule has 0 unspecified atom stereocenters. The van der Waals surface area contributed by atoms with Crippen molar-refractivity contribution in [2.75, 3.05) is 12.4 Å². The Kier molecular flexibility index (Phi) is 5.99. The number of hydrogen-bond donors (Lipinski definition) is 1. The Morgan fingerprint density at radius 3 is 2.42 bits per heavy atom. The maximum Gasteiger partial charge on any atom is 0.256 e. The lowest BCUT2D eigenvalue weighted by atomic mass is 10.2. The van der Waals surface area contributed by atoms with E-state index in [0.29, 0.717) is 38.9 Å². The molecule has 0 atom stereocenters. The maximum atomic E-state index is 12.6. The topological polar surface area (TPSA) is 78.3 Å². The largest absolute Gasteiger partial charge is 0.497 e. The molecular weight excluding hydrogens is 460 g/mol. The summed E-state index contributed by atoms with van der Waals surface area (Å²) in [5.41, 5.74) is 1.12. The van der Waals surface area contributed by atoms with E-state index in [-0.39, 0.29) is 5.91 Å². The van der Waals surface area contributed by atoms with Crippen molar-refractivity contribution in [3.63, 3.8) is 0 Å². The monoisotopic (exact) mass is 478 g/mol. The molecule has 0 aliphatic heterocycles. The lowest BCUT2D eigenvalue weighted by Crippen LogP contribution is -2.12. The number of benzene rings is 2. The van der Waals surface area contributed by atoms with Gasteiger partial charge in [0.05, 0.1) is 12.7 Å². The fourth-order valence-electron chi connectivity index (χ4n) is 2.93. The van der Waals surface area contributed by atoms with Crippen LogP contribution >= 0.6 is 15.9 Å². The zero-order valence-electron chi connectivity index (χ0n) is 16.9. The fourth-order valence-corrected chi connectivity index (χ4v) is 3.35. The Labute approximate surface area is 187 Å². The molecule has 1 N–H and O–H groups in total. The second-order valence-corrected chi connectivity index (χ2v) is 7.48. The van der Waals surface area contributed by atoms with Crippen LogP contribution in [-0.4, -0.2) is 27.6 Å². The van der Waals surface area contributed by atoms with Gasteiger partial charge in [-0.3, -0.25) is 4.79 Å². The highest BCUT2D eigenvalue weighted by Crippen LogP contribution is 2.26. The molecule has 0 saturated heterocycles. The minimum absolute atomic E-state index is 0.248. The fraction of sp³-hybridized carbons (Fsp3) is 0.0870. The van der Waals surface area contributed by atoms with Crippen LogP contribution < -0.4 is 14.8 Å². The molecule has 0 aliphatic carbocycles. The van der Waals surface area contributed by atoms with E-state index < -0.39 is 0 Å². The van der Waals surface area contributed by atoms with Crippen LogP contribution in [0.15, 0.2) is 77.5 Å². The summed E-state index contributed by atoms with van der Waals surface area (Å²) < 4.78 is 13.7. The van der Waals surface area contributed by atoms with Gasteiger partial charge in [-0.15, -0.1) is 0 Å². The molecule has 8 heteroatoms. The number of amides is 1. The highest BCUT2D eigenvalue weighted by molar-refractivity contribution is 9.10. The van der Waals surface area contributed by atoms with Gasteiger partial charge in [-0.1, -0.05) is 0 Å². The molecule has 0 fully saturated rings. The average molecular weight is 479 g/mol. The number of carbonyl (C=O) groups is 1. The third-order valence-electron chi connectivity index (χ3n) is 4.42. The Morgan fingerprint density at radius 2 is 1.71 bits per heavy atom. The highest BCUT2D eigenvalue weighted by atomic mass is 79.9. The van der Waals surface area contributed by atoms with E-state index in [9.17, 15) is 4.79 Å². The Balaban J connectivity index is 1.47. The quantitative estimate of drug-likeness (QED) is 0.401. The number of anilines is 1. The van der Waals surface area contributed by atoms with Crippen molar-refractivity contribution in [3.8, 4) is 23.2 Å². The number of carbonyl (C=O) groups excluding carboxylic acids is 1. The second-order valence-electron chi connectivity index (χ2n) is 6.63. The summed E-state index contributed by atoms with van der Waals surface area (Å²) in [5, 5.41) is 2.87. The van der Waals surface area contributed by atoms with Crippen molar-refractivity contribution in [1.82, 2.24) is 14.5 Å². The highest BCUT2D eigenvalue weighted by Gasteiger charge is 2.12. The number of nitrogens with one attached hydrogen (secondary N) is 1. The molecule has 0 radical (unpaired) electrons. The molecule has 4 aromatic rings. The van der Waals surface area contributed by atoms with E-state index in [1.165, 1.54) is 0 Å². The molecule has 2 aromatic carbocycles. The van der Waals surface area contributed by atoms with Crippen LogP contribution in [0.5, 0.6) is 17.4 Å². The van der Waals surface area contributed by atoms with Gasteiger partial charge in [0.25, 0.3) is 5.91 Å². The van der Waals surface area contributed by atoms with E-state index in [1.54, 1.807) is 55.6 Å². The lowest BCUT2D eigenvalue weighted by molar-refractivity contribution is 0.102. The molecule has 2 heterocycles. The van der Waals surface area contributed by atoms with Gasteiger partial charge >= 0.3 is 0 Å². The number of nitrogens with zero attached hydrogens (tertiary/aromatic N) is 3. The summed E-state index contributed by atoms with van der Waals surface area (Å²) in [7, 11) is 1.56. The number of methoxy groups -OCH3 is 1. The molecule has 31 heavy (non-hydrogen) atoms. The molecule has 4 rings (SSSR count). The third kappa shape index (κ3) is 4.92. The Bertz CT molecular complexity index is 1210. The summed E-state index contributed by atoms with van der Waals surface area (Å²) in [4.78, 5) is 21.4. The first-order chi connectivity index (χ1) is 15.0. The minimum Gasteiger partial charge on any atom is -0.497 e. The van der Waals surface area contributed by atoms with Crippen LogP contribution in [0.3, 0.4) is 0 Å². The van der Waals surface area contributed by atoms with E-state index >= 15 is 0 Å². The number of rotatable bonds is 6. The Hall–Kier alpha value is -3.65. The summed E-state index contributed by atoms with van der Waals surface area (Å²) in [6.07, 6.45) is 3.81. The summed E-state index contributed by atoms with van der Waals surface area (Å²) in [6, 6.07) is 17.9. The van der Waals surface area contributed by atoms with Crippen molar-refractivity contribution in [1.29, 1.82) is 0 Å². The van der Waals surface area contributed by atoms with Gasteiger partial charge in [0.1, 0.15) is 23.1 Å². The number of aromatic nitrogens is 3. The zero-order chi connectivity index (χ0) is 21.8. The molecule has 156 valence electrons. The van der Waals surface area contributed by atoms with Gasteiger partial charge in [0, 0.05) is 28.6 Å². The summed E-state index contributed by atoms with van der Waals surface area (Å²) in [5.74, 6) is 2.72. The first-order valence-corrected chi connectivity index (χ1v) is 10.2. The van der Waals surface area contributed by atoms with Crippen LogP contribution in [0.2, 0.25) is 0 Å². The number of aryl methyl sites for hydroxylation is 1. The molecule has 0 aliphatic rings. The van der Waals surface area contributed by atoms with E-state index in [0.717, 1.165) is 5.82 Å². The second kappa shape index (κ2) is 9.01. The maximum absolute atomic E-state index is 12.6. The lowest BCUT2D eigenvalue weighted by Gasteiger charge is -2.10. The van der Waals surface area contributed by atoms with Gasteiger partial charge in [0.2, 0.25) is 5.88 Å². The third-order valence-corrected chi connectivity index (χ3v) is 5.11. The van der Waals surface area contributed by atoms with Crippen LogP contribution in [-0.2, 0) is 0 Å². The van der Waals surface area contributed by atoms with E-state index in [4.69, 9.17) is 9.47 Å². The normalized spacial score (nSPS) is 10.5. The molecule has 0 spiro atoms. The number of halogens is 1. The summed E-state index contributed by atoms with van der Waals surface area (Å²) in [6.45, 7) is 1.81. The van der Waals surface area contributed by atoms with Gasteiger partial charge in [0.15, 0.2) is 0 Å². The molecule has 0 bridgehead atoms. The number of hydrogen-bond acceptors (Lipinski definition) is 5. The molecule has 7 nitrogen and oxygen atoms in total. The van der Waals surface area contributed by atoms with E-state index in [2.05, 4.69) is 31.2 Å². The summed E-state index contributed by atoms with van der Waals surface area (Å²) >= 11 is 3.40. The minimum atomic E-state index is -0.248. The van der Waals surface area contributed by atoms with Crippen molar-refractivity contribution >= 4 is 27.5 Å². The predicted molar refractivity (Wildman–Crippen MR) is 121 cm³/mol. The van der Waals surface area contributed by atoms with Crippen LogP contribution in [0, 0.1) is 6.92 Å². The number of ether oxygens (including phenoxy) is 2. The zero-order valence-corrected chi connectivity index (χ0v) is 18.5. The van der Waals surface area contributed by atoms with Gasteiger partial charge in [-0.2, -0.15) is 4.98 Å². The van der Waals surface area contributed by atoms with Gasteiger partial charge in [-0.05, 0) is 77.5 Å². The van der Waals surface area contributed by atoms with E-state index in [1.807, 2.05) is 36.0 Å². The van der Waals surface area contributed by atoms with Crippen LogP contribution in [0.25, 0.3) is 5.82 Å². The van der Waals surface area contributed by atoms with Gasteiger partial charge in [-0.25, -0.2) is 4.98 Å². The molecule has 0 saturated carbocycles. The first kappa shape index (κ1) is 20.6. The molecular formula is C23H19BrN4O3. The van der Waals surface area contributed by atoms with Crippen molar-refractivity contribution < 1.29 is 14.3 Å². The Morgan fingerprint density at radius 1 is 1.00 bits per heavy atom. The average Bonchev–Trinajstić information content (AvgIpc) is 3.30. The SMILES string of the molecule is COc1ccc(Br)c(C(=O)Nc2ccc(Oc3cc(-n4cccc4)nc(C)n3)cc2)c1. The first-order valence-electron chi connectivity index (χ1n) is 9.43.